The summed E-state index contributed by atoms with van der Waals surface area (Å²) < 4.78 is 0. The molecule has 2 N–H and O–H groups in total. The third-order valence-electron chi connectivity index (χ3n) is 3.96. The van der Waals surface area contributed by atoms with Gasteiger partial charge in [0.1, 0.15) is 5.01 Å². The highest BCUT2D eigenvalue weighted by atomic mass is 32.1. The maximum absolute atomic E-state index is 12.3. The van der Waals surface area contributed by atoms with E-state index in [-0.39, 0.29) is 11.9 Å². The molecule has 1 aliphatic heterocycles. The Kier molecular flexibility index (Phi) is 4.55. The summed E-state index contributed by atoms with van der Waals surface area (Å²) in [5.74, 6) is 0.135. The van der Waals surface area contributed by atoms with Crippen molar-refractivity contribution >= 4 is 17.2 Å². The fraction of sp³-hybridized carbons (Fsp3) is 0.412. The van der Waals surface area contributed by atoms with E-state index in [4.69, 9.17) is 5.73 Å². The van der Waals surface area contributed by atoms with Gasteiger partial charge in [-0.3, -0.25) is 4.79 Å². The Morgan fingerprint density at radius 1 is 1.50 bits per heavy atom. The highest BCUT2D eigenvalue weighted by Crippen LogP contribution is 2.25. The number of likely N-dealkylation sites (tertiary alicyclic amines) is 1. The van der Waals surface area contributed by atoms with Gasteiger partial charge in [-0.1, -0.05) is 23.8 Å². The van der Waals surface area contributed by atoms with Crippen molar-refractivity contribution in [1.82, 2.24) is 9.88 Å². The molecule has 1 aromatic heterocycles. The fourth-order valence-electron chi connectivity index (χ4n) is 2.80. The molecular weight excluding hydrogens is 294 g/mol. The summed E-state index contributed by atoms with van der Waals surface area (Å²) in [5, 5.41) is 2.96. The summed E-state index contributed by atoms with van der Waals surface area (Å²) in [5.41, 5.74) is 9.13. The molecule has 116 valence electrons. The van der Waals surface area contributed by atoms with Gasteiger partial charge in [-0.05, 0) is 25.8 Å². The van der Waals surface area contributed by atoms with Crippen molar-refractivity contribution in [3.8, 4) is 10.6 Å². The number of hydrogen-bond acceptors (Lipinski definition) is 4. The van der Waals surface area contributed by atoms with E-state index in [1.165, 1.54) is 5.56 Å². The number of carbonyl (C=O) groups is 1. The summed E-state index contributed by atoms with van der Waals surface area (Å²) >= 11 is 1.59. The smallest absolute Gasteiger partial charge is 0.228 e. The molecule has 0 radical (unpaired) electrons. The molecule has 22 heavy (non-hydrogen) atoms. The lowest BCUT2D eigenvalue weighted by molar-refractivity contribution is -0.131. The molecule has 1 atom stereocenters. The molecule has 1 saturated heterocycles. The van der Waals surface area contributed by atoms with Crippen LogP contribution in [-0.2, 0) is 11.2 Å². The van der Waals surface area contributed by atoms with E-state index in [2.05, 4.69) is 30.1 Å². The van der Waals surface area contributed by atoms with E-state index in [0.29, 0.717) is 13.0 Å². The minimum atomic E-state index is 0.121. The molecule has 4 nitrogen and oxygen atoms in total. The Morgan fingerprint density at radius 2 is 2.36 bits per heavy atom. The van der Waals surface area contributed by atoms with Gasteiger partial charge in [0, 0.05) is 30.1 Å². The van der Waals surface area contributed by atoms with Gasteiger partial charge in [-0.25, -0.2) is 4.98 Å². The molecule has 0 saturated carbocycles. The number of benzene rings is 1. The second-order valence-corrected chi connectivity index (χ2v) is 6.79. The van der Waals surface area contributed by atoms with Crippen LogP contribution in [0.15, 0.2) is 29.6 Å². The van der Waals surface area contributed by atoms with Gasteiger partial charge < -0.3 is 10.6 Å². The van der Waals surface area contributed by atoms with Crippen molar-refractivity contribution in [3.05, 3.63) is 40.9 Å². The first kappa shape index (κ1) is 15.2. The van der Waals surface area contributed by atoms with E-state index in [9.17, 15) is 4.79 Å². The minimum absolute atomic E-state index is 0.121. The van der Waals surface area contributed by atoms with Crippen LogP contribution in [0.3, 0.4) is 0 Å². The van der Waals surface area contributed by atoms with Crippen LogP contribution >= 0.6 is 11.3 Å². The average molecular weight is 315 g/mol. The van der Waals surface area contributed by atoms with Crippen LogP contribution in [0.5, 0.6) is 0 Å². The summed E-state index contributed by atoms with van der Waals surface area (Å²) in [6, 6.07) is 8.40. The molecule has 0 aliphatic carbocycles. The molecule has 1 aliphatic rings. The SMILES string of the molecule is Cc1cccc(-c2nc(CC(=O)N3CCCC(N)C3)cs2)c1. The largest absolute Gasteiger partial charge is 0.341 e. The Balaban J connectivity index is 1.68. The molecule has 1 aromatic carbocycles. The predicted octanol–water partition coefficient (Wildman–Crippen LogP) is 2.61. The lowest BCUT2D eigenvalue weighted by Gasteiger charge is -2.30. The zero-order chi connectivity index (χ0) is 15.5. The Labute approximate surface area is 135 Å². The number of aromatic nitrogens is 1. The van der Waals surface area contributed by atoms with E-state index in [1.54, 1.807) is 11.3 Å². The van der Waals surface area contributed by atoms with Crippen molar-refractivity contribution in [2.45, 2.75) is 32.2 Å². The lowest BCUT2D eigenvalue weighted by atomic mass is 10.1. The first-order chi connectivity index (χ1) is 10.6. The van der Waals surface area contributed by atoms with Crippen molar-refractivity contribution < 1.29 is 4.79 Å². The molecule has 1 fully saturated rings. The maximum Gasteiger partial charge on any atom is 0.228 e. The Morgan fingerprint density at radius 3 is 3.14 bits per heavy atom. The molecule has 0 spiro atoms. The van der Waals surface area contributed by atoms with Crippen molar-refractivity contribution in [2.75, 3.05) is 13.1 Å². The first-order valence-electron chi connectivity index (χ1n) is 7.66. The van der Waals surface area contributed by atoms with Crippen molar-refractivity contribution in [2.24, 2.45) is 5.73 Å². The summed E-state index contributed by atoms with van der Waals surface area (Å²) in [6.45, 7) is 3.57. The van der Waals surface area contributed by atoms with Crippen LogP contribution in [0.2, 0.25) is 0 Å². The Bertz CT molecular complexity index is 667. The number of piperidine rings is 1. The summed E-state index contributed by atoms with van der Waals surface area (Å²) in [4.78, 5) is 18.8. The second kappa shape index (κ2) is 6.58. The Hall–Kier alpha value is -1.72. The monoisotopic (exact) mass is 315 g/mol. The summed E-state index contributed by atoms with van der Waals surface area (Å²) in [7, 11) is 0. The van der Waals surface area contributed by atoms with Gasteiger partial charge >= 0.3 is 0 Å². The average Bonchev–Trinajstić information content (AvgIpc) is 2.96. The van der Waals surface area contributed by atoms with E-state index in [0.717, 1.165) is 35.7 Å². The fourth-order valence-corrected chi connectivity index (χ4v) is 3.62. The predicted molar refractivity (Wildman–Crippen MR) is 89.8 cm³/mol. The number of rotatable bonds is 3. The highest BCUT2D eigenvalue weighted by molar-refractivity contribution is 7.13. The number of hydrogen-bond donors (Lipinski definition) is 1. The third kappa shape index (κ3) is 3.54. The van der Waals surface area contributed by atoms with Crippen molar-refractivity contribution in [1.29, 1.82) is 0 Å². The van der Waals surface area contributed by atoms with Crippen LogP contribution in [0.25, 0.3) is 10.6 Å². The first-order valence-corrected chi connectivity index (χ1v) is 8.54. The topological polar surface area (TPSA) is 59.2 Å². The van der Waals surface area contributed by atoms with Gasteiger partial charge in [-0.15, -0.1) is 11.3 Å². The molecule has 1 amide bonds. The van der Waals surface area contributed by atoms with Gasteiger partial charge in [0.25, 0.3) is 0 Å². The summed E-state index contributed by atoms with van der Waals surface area (Å²) in [6.07, 6.45) is 2.38. The van der Waals surface area contributed by atoms with Crippen LogP contribution in [-0.4, -0.2) is 34.9 Å². The van der Waals surface area contributed by atoms with Crippen LogP contribution in [0.4, 0.5) is 0 Å². The highest BCUT2D eigenvalue weighted by Gasteiger charge is 2.22. The zero-order valence-electron chi connectivity index (χ0n) is 12.8. The van der Waals surface area contributed by atoms with E-state index < -0.39 is 0 Å². The van der Waals surface area contributed by atoms with Gasteiger partial charge in [0.05, 0.1) is 12.1 Å². The molecular formula is C17H21N3OS. The molecule has 0 bridgehead atoms. The minimum Gasteiger partial charge on any atom is -0.341 e. The van der Waals surface area contributed by atoms with Gasteiger partial charge in [-0.2, -0.15) is 0 Å². The van der Waals surface area contributed by atoms with Gasteiger partial charge in [0.2, 0.25) is 5.91 Å². The number of amides is 1. The standard InChI is InChI=1S/C17H21N3OS/c1-12-4-2-5-13(8-12)17-19-15(11-22-17)9-16(21)20-7-3-6-14(18)10-20/h2,4-5,8,11,14H,3,6-7,9-10,18H2,1H3. The van der Waals surface area contributed by atoms with Gasteiger partial charge in [0.15, 0.2) is 0 Å². The number of carbonyl (C=O) groups excluding carboxylic acids is 1. The molecule has 1 unspecified atom stereocenters. The van der Waals surface area contributed by atoms with E-state index >= 15 is 0 Å². The number of nitrogens with two attached hydrogens (primary N) is 1. The number of aryl methyl sites for hydroxylation is 1. The quantitative estimate of drug-likeness (QED) is 0.947. The van der Waals surface area contributed by atoms with Crippen LogP contribution in [0.1, 0.15) is 24.1 Å². The molecule has 2 aromatic rings. The number of thiazole rings is 1. The third-order valence-corrected chi connectivity index (χ3v) is 4.90. The van der Waals surface area contributed by atoms with Crippen LogP contribution in [0, 0.1) is 6.92 Å². The molecule has 3 rings (SSSR count). The number of nitrogens with zero attached hydrogens (tertiary/aromatic N) is 2. The maximum atomic E-state index is 12.3. The zero-order valence-corrected chi connectivity index (χ0v) is 13.6. The van der Waals surface area contributed by atoms with Crippen molar-refractivity contribution in [3.63, 3.8) is 0 Å². The lowest BCUT2D eigenvalue weighted by Crippen LogP contribution is -2.46. The normalized spacial score (nSPS) is 18.5. The van der Waals surface area contributed by atoms with Crippen LogP contribution < -0.4 is 5.73 Å². The second-order valence-electron chi connectivity index (χ2n) is 5.93. The molecule has 5 heteroatoms. The van der Waals surface area contributed by atoms with E-state index in [1.807, 2.05) is 16.3 Å². The molecule has 2 heterocycles.